The monoisotopic (exact) mass is 207 g/mol. The fraction of sp³-hybridized carbons (Fsp3) is 0.273. The molecule has 80 valence electrons. The van der Waals surface area contributed by atoms with Crippen molar-refractivity contribution >= 4 is 6.08 Å². The van der Waals surface area contributed by atoms with Crippen molar-refractivity contribution in [2.75, 3.05) is 7.11 Å². The van der Waals surface area contributed by atoms with Gasteiger partial charge in [-0.2, -0.15) is 0 Å². The lowest BCUT2D eigenvalue weighted by Crippen LogP contribution is -1.95. The molecular formula is C11H13NO3. The van der Waals surface area contributed by atoms with Gasteiger partial charge in [0.25, 0.3) is 0 Å². The second-order valence-corrected chi connectivity index (χ2v) is 3.24. The lowest BCUT2D eigenvalue weighted by Gasteiger charge is -2.07. The molecule has 0 amide bonds. The van der Waals surface area contributed by atoms with Crippen LogP contribution in [-0.2, 0) is 0 Å². The topological polar surface area (TPSA) is 52.4 Å². The number of rotatable bonds is 3. The molecule has 0 aliphatic heterocycles. The number of ether oxygens (including phenoxy) is 1. The molecule has 0 spiro atoms. The molecule has 0 heterocycles. The number of allylic oxidation sites excluding steroid dienone is 1. The number of para-hydroxylation sites is 1. The molecule has 4 heteroatoms. The third-order valence-electron chi connectivity index (χ3n) is 2.10. The van der Waals surface area contributed by atoms with Crippen LogP contribution in [0, 0.1) is 17.0 Å². The second-order valence-electron chi connectivity index (χ2n) is 3.24. The van der Waals surface area contributed by atoms with Gasteiger partial charge in [0.2, 0.25) is 5.70 Å². The molecule has 15 heavy (non-hydrogen) atoms. The highest BCUT2D eigenvalue weighted by Crippen LogP contribution is 2.25. The molecule has 0 aliphatic carbocycles. The molecule has 0 fully saturated rings. The molecule has 0 radical (unpaired) electrons. The summed E-state index contributed by atoms with van der Waals surface area (Å²) in [5.41, 5.74) is 1.79. The van der Waals surface area contributed by atoms with Crippen molar-refractivity contribution in [2.45, 2.75) is 13.8 Å². The van der Waals surface area contributed by atoms with Gasteiger partial charge in [-0.05, 0) is 12.5 Å². The van der Waals surface area contributed by atoms with Crippen molar-refractivity contribution in [1.82, 2.24) is 0 Å². The molecule has 1 rings (SSSR count). The smallest absolute Gasteiger partial charge is 0.243 e. The first-order chi connectivity index (χ1) is 7.06. The Labute approximate surface area is 88.3 Å². The van der Waals surface area contributed by atoms with Crippen molar-refractivity contribution < 1.29 is 9.66 Å². The molecule has 0 saturated heterocycles. The Balaban J connectivity index is 3.20. The molecular weight excluding hydrogens is 194 g/mol. The van der Waals surface area contributed by atoms with E-state index in [1.54, 1.807) is 13.2 Å². The van der Waals surface area contributed by atoms with Gasteiger partial charge in [0.15, 0.2) is 0 Å². The predicted molar refractivity (Wildman–Crippen MR) is 58.4 cm³/mol. The summed E-state index contributed by atoms with van der Waals surface area (Å²) < 4.78 is 5.19. The molecule has 0 saturated carbocycles. The van der Waals surface area contributed by atoms with E-state index in [4.69, 9.17) is 4.74 Å². The van der Waals surface area contributed by atoms with E-state index in [0.717, 1.165) is 11.1 Å². The Bertz CT molecular complexity index is 410. The Morgan fingerprint density at radius 1 is 1.53 bits per heavy atom. The molecule has 0 unspecified atom stereocenters. The van der Waals surface area contributed by atoms with E-state index >= 15 is 0 Å². The van der Waals surface area contributed by atoms with Crippen LogP contribution in [0.25, 0.3) is 6.08 Å². The number of nitro groups is 1. The summed E-state index contributed by atoms with van der Waals surface area (Å²) in [5.74, 6) is 0.679. The third-order valence-corrected chi connectivity index (χ3v) is 2.10. The lowest BCUT2D eigenvalue weighted by molar-refractivity contribution is -0.422. The van der Waals surface area contributed by atoms with E-state index in [9.17, 15) is 10.1 Å². The Hall–Kier alpha value is -1.84. The number of benzene rings is 1. The zero-order valence-electron chi connectivity index (χ0n) is 8.98. The van der Waals surface area contributed by atoms with Crippen molar-refractivity contribution in [3.05, 3.63) is 45.1 Å². The van der Waals surface area contributed by atoms with Crippen LogP contribution in [-0.4, -0.2) is 12.0 Å². The zero-order chi connectivity index (χ0) is 11.4. The number of hydrogen-bond acceptors (Lipinski definition) is 3. The lowest BCUT2D eigenvalue weighted by atomic mass is 10.1. The summed E-state index contributed by atoms with van der Waals surface area (Å²) in [6.07, 6.45) is 1.51. The van der Waals surface area contributed by atoms with Crippen LogP contribution in [0.4, 0.5) is 0 Å². The summed E-state index contributed by atoms with van der Waals surface area (Å²) in [6.45, 7) is 3.36. The van der Waals surface area contributed by atoms with Crippen LogP contribution in [0.5, 0.6) is 5.75 Å². The number of methoxy groups -OCH3 is 1. The van der Waals surface area contributed by atoms with Crippen molar-refractivity contribution in [3.63, 3.8) is 0 Å². The van der Waals surface area contributed by atoms with Gasteiger partial charge < -0.3 is 4.74 Å². The van der Waals surface area contributed by atoms with Crippen LogP contribution >= 0.6 is 0 Å². The fourth-order valence-corrected chi connectivity index (χ4v) is 1.35. The molecule has 1 aromatic carbocycles. The number of aryl methyl sites for hydroxylation is 1. The summed E-state index contributed by atoms with van der Waals surface area (Å²) >= 11 is 0. The summed E-state index contributed by atoms with van der Waals surface area (Å²) in [5, 5.41) is 10.5. The van der Waals surface area contributed by atoms with E-state index < -0.39 is 4.92 Å². The van der Waals surface area contributed by atoms with Gasteiger partial charge in [-0.25, -0.2) is 0 Å². The van der Waals surface area contributed by atoms with E-state index in [-0.39, 0.29) is 5.70 Å². The van der Waals surface area contributed by atoms with Gasteiger partial charge in [-0.15, -0.1) is 0 Å². The molecule has 0 atom stereocenters. The van der Waals surface area contributed by atoms with Crippen molar-refractivity contribution in [3.8, 4) is 5.75 Å². The Kier molecular flexibility index (Phi) is 3.44. The third kappa shape index (κ3) is 2.56. The highest BCUT2D eigenvalue weighted by Gasteiger charge is 2.07. The van der Waals surface area contributed by atoms with Gasteiger partial charge in [0.05, 0.1) is 12.0 Å². The highest BCUT2D eigenvalue weighted by molar-refractivity contribution is 5.60. The van der Waals surface area contributed by atoms with Gasteiger partial charge in [0, 0.05) is 18.6 Å². The Morgan fingerprint density at radius 3 is 2.73 bits per heavy atom. The van der Waals surface area contributed by atoms with E-state index in [0.29, 0.717) is 5.75 Å². The summed E-state index contributed by atoms with van der Waals surface area (Å²) in [6, 6.07) is 5.54. The SMILES string of the molecule is COc1c(C)cccc1/C=C(\C)[N+](=O)[O-]. The molecule has 4 nitrogen and oxygen atoms in total. The van der Waals surface area contributed by atoms with Crippen molar-refractivity contribution in [2.24, 2.45) is 0 Å². The number of hydrogen-bond donors (Lipinski definition) is 0. The van der Waals surface area contributed by atoms with Gasteiger partial charge in [-0.1, -0.05) is 18.2 Å². The van der Waals surface area contributed by atoms with Gasteiger partial charge in [-0.3, -0.25) is 10.1 Å². The maximum Gasteiger partial charge on any atom is 0.243 e. The molecule has 0 N–H and O–H groups in total. The van der Waals surface area contributed by atoms with E-state index in [1.165, 1.54) is 13.0 Å². The first kappa shape index (κ1) is 11.2. The molecule has 1 aromatic rings. The standard InChI is InChI=1S/C11H13NO3/c1-8-5-4-6-10(11(8)15-3)7-9(2)12(13)14/h4-7H,1-3H3/b9-7+. The van der Waals surface area contributed by atoms with Crippen LogP contribution in [0.2, 0.25) is 0 Å². The number of nitrogens with zero attached hydrogens (tertiary/aromatic N) is 1. The zero-order valence-corrected chi connectivity index (χ0v) is 8.98. The minimum atomic E-state index is -0.415. The normalized spacial score (nSPS) is 11.3. The maximum atomic E-state index is 10.5. The predicted octanol–water partition coefficient (Wildman–Crippen LogP) is 2.64. The minimum Gasteiger partial charge on any atom is -0.496 e. The van der Waals surface area contributed by atoms with E-state index in [2.05, 4.69) is 0 Å². The largest absolute Gasteiger partial charge is 0.496 e. The van der Waals surface area contributed by atoms with Gasteiger partial charge >= 0.3 is 0 Å². The first-order valence-corrected chi connectivity index (χ1v) is 4.52. The van der Waals surface area contributed by atoms with E-state index in [1.807, 2.05) is 19.1 Å². The quantitative estimate of drug-likeness (QED) is 0.565. The van der Waals surface area contributed by atoms with Crippen LogP contribution in [0.15, 0.2) is 23.9 Å². The minimum absolute atomic E-state index is 0.0962. The fourth-order valence-electron chi connectivity index (χ4n) is 1.35. The van der Waals surface area contributed by atoms with Crippen LogP contribution in [0.3, 0.4) is 0 Å². The second kappa shape index (κ2) is 4.59. The molecule has 0 aliphatic rings. The first-order valence-electron chi connectivity index (χ1n) is 4.52. The maximum absolute atomic E-state index is 10.5. The molecule has 0 bridgehead atoms. The Morgan fingerprint density at radius 2 is 2.20 bits per heavy atom. The summed E-state index contributed by atoms with van der Waals surface area (Å²) in [4.78, 5) is 10.1. The highest BCUT2D eigenvalue weighted by atomic mass is 16.6. The van der Waals surface area contributed by atoms with Crippen LogP contribution < -0.4 is 4.74 Å². The summed E-state index contributed by atoms with van der Waals surface area (Å²) in [7, 11) is 1.56. The average Bonchev–Trinajstić information content (AvgIpc) is 2.18. The average molecular weight is 207 g/mol. The van der Waals surface area contributed by atoms with Crippen molar-refractivity contribution in [1.29, 1.82) is 0 Å². The van der Waals surface area contributed by atoms with Crippen LogP contribution in [0.1, 0.15) is 18.1 Å². The van der Waals surface area contributed by atoms with Gasteiger partial charge in [0.1, 0.15) is 5.75 Å². The molecule has 0 aromatic heterocycles.